The molecule has 1 rings (SSSR count). The smallest absolute Gasteiger partial charge is 0.255 e. The molecule has 0 heterocycles. The summed E-state index contributed by atoms with van der Waals surface area (Å²) in [5.41, 5.74) is 0.395. The van der Waals surface area contributed by atoms with Gasteiger partial charge in [-0.15, -0.1) is 11.6 Å². The molecular weight excluding hydrogens is 282 g/mol. The fraction of sp³-hybridized carbons (Fsp3) is 0.500. The molecule has 1 atom stereocenters. The van der Waals surface area contributed by atoms with Crippen LogP contribution < -0.4 is 19.5 Å². The number of ether oxygens (including phenoxy) is 3. The SMILES string of the molecule is COc1cc(OC)c(C(=O)NCC(C)CCl)cc1OC. The van der Waals surface area contributed by atoms with Gasteiger partial charge in [-0.1, -0.05) is 6.92 Å². The maximum Gasteiger partial charge on any atom is 0.255 e. The molecule has 0 spiro atoms. The van der Waals surface area contributed by atoms with E-state index in [1.807, 2.05) is 6.92 Å². The van der Waals surface area contributed by atoms with Crippen LogP contribution in [0, 0.1) is 5.92 Å². The van der Waals surface area contributed by atoms with Crippen molar-refractivity contribution in [1.29, 1.82) is 0 Å². The number of carbonyl (C=O) groups is 1. The molecule has 1 N–H and O–H groups in total. The highest BCUT2D eigenvalue weighted by Crippen LogP contribution is 2.34. The molecular formula is C14H20ClNO4. The van der Waals surface area contributed by atoms with E-state index in [1.165, 1.54) is 21.3 Å². The molecule has 0 aromatic heterocycles. The molecule has 0 aliphatic heterocycles. The molecule has 1 aromatic carbocycles. The minimum Gasteiger partial charge on any atom is -0.496 e. The third-order valence-corrected chi connectivity index (χ3v) is 3.35. The summed E-state index contributed by atoms with van der Waals surface area (Å²) >= 11 is 5.71. The van der Waals surface area contributed by atoms with E-state index in [-0.39, 0.29) is 11.8 Å². The molecule has 0 fully saturated rings. The highest BCUT2D eigenvalue weighted by atomic mass is 35.5. The Balaban J connectivity index is 3.00. The van der Waals surface area contributed by atoms with Gasteiger partial charge in [0.2, 0.25) is 0 Å². The quantitative estimate of drug-likeness (QED) is 0.785. The van der Waals surface area contributed by atoms with Gasteiger partial charge in [0.25, 0.3) is 5.91 Å². The van der Waals surface area contributed by atoms with Crippen LogP contribution in [0.5, 0.6) is 17.2 Å². The number of carbonyl (C=O) groups excluding carboxylic acids is 1. The average Bonchev–Trinajstić information content (AvgIpc) is 2.50. The first-order valence-electron chi connectivity index (χ1n) is 6.21. The summed E-state index contributed by atoms with van der Waals surface area (Å²) in [6, 6.07) is 3.22. The largest absolute Gasteiger partial charge is 0.496 e. The van der Waals surface area contributed by atoms with Crippen molar-refractivity contribution < 1.29 is 19.0 Å². The van der Waals surface area contributed by atoms with E-state index in [9.17, 15) is 4.79 Å². The van der Waals surface area contributed by atoms with Crippen LogP contribution in [0.3, 0.4) is 0 Å². The van der Waals surface area contributed by atoms with Gasteiger partial charge in [-0.2, -0.15) is 0 Å². The second kappa shape index (κ2) is 7.85. The predicted molar refractivity (Wildman–Crippen MR) is 78.3 cm³/mol. The van der Waals surface area contributed by atoms with Crippen LogP contribution in [0.15, 0.2) is 12.1 Å². The minimum absolute atomic E-state index is 0.201. The fourth-order valence-electron chi connectivity index (χ4n) is 1.62. The Morgan fingerprint density at radius 2 is 1.70 bits per heavy atom. The summed E-state index contributed by atoms with van der Waals surface area (Å²) < 4.78 is 15.6. The van der Waals surface area contributed by atoms with Gasteiger partial charge in [0, 0.05) is 24.6 Å². The first-order valence-corrected chi connectivity index (χ1v) is 6.75. The Kier molecular flexibility index (Phi) is 6.45. The van der Waals surface area contributed by atoms with Gasteiger partial charge in [-0.3, -0.25) is 4.79 Å². The second-order valence-electron chi connectivity index (χ2n) is 4.38. The maximum absolute atomic E-state index is 12.2. The number of hydrogen-bond acceptors (Lipinski definition) is 4. The number of rotatable bonds is 7. The number of hydrogen-bond donors (Lipinski definition) is 1. The van der Waals surface area contributed by atoms with Crippen LogP contribution in [0.1, 0.15) is 17.3 Å². The van der Waals surface area contributed by atoms with E-state index in [1.54, 1.807) is 12.1 Å². The van der Waals surface area contributed by atoms with Crippen molar-refractivity contribution in [3.8, 4) is 17.2 Å². The topological polar surface area (TPSA) is 56.8 Å². The van der Waals surface area contributed by atoms with E-state index < -0.39 is 0 Å². The monoisotopic (exact) mass is 301 g/mol. The molecule has 6 heteroatoms. The number of nitrogens with one attached hydrogen (secondary N) is 1. The van der Waals surface area contributed by atoms with Gasteiger partial charge >= 0.3 is 0 Å². The highest BCUT2D eigenvalue weighted by molar-refractivity contribution is 6.18. The van der Waals surface area contributed by atoms with Gasteiger partial charge in [0.1, 0.15) is 5.75 Å². The lowest BCUT2D eigenvalue weighted by Gasteiger charge is -2.15. The van der Waals surface area contributed by atoms with E-state index in [4.69, 9.17) is 25.8 Å². The van der Waals surface area contributed by atoms with Crippen LogP contribution in [0.4, 0.5) is 0 Å². The molecule has 0 saturated heterocycles. The Morgan fingerprint density at radius 3 is 2.20 bits per heavy atom. The first kappa shape index (κ1) is 16.4. The highest BCUT2D eigenvalue weighted by Gasteiger charge is 2.17. The van der Waals surface area contributed by atoms with Crippen LogP contribution in [0.2, 0.25) is 0 Å². The van der Waals surface area contributed by atoms with Crippen LogP contribution in [-0.4, -0.2) is 39.7 Å². The standard InChI is InChI=1S/C14H20ClNO4/c1-9(7-15)8-16-14(17)10-5-12(19-3)13(20-4)6-11(10)18-2/h5-6,9H,7-8H2,1-4H3,(H,16,17). The van der Waals surface area contributed by atoms with Crippen molar-refractivity contribution in [2.24, 2.45) is 5.92 Å². The van der Waals surface area contributed by atoms with Gasteiger partial charge < -0.3 is 19.5 Å². The Bertz CT molecular complexity index is 465. The Labute approximate surface area is 124 Å². The van der Waals surface area contributed by atoms with Crippen molar-refractivity contribution >= 4 is 17.5 Å². The van der Waals surface area contributed by atoms with E-state index in [0.717, 1.165) is 0 Å². The summed E-state index contributed by atoms with van der Waals surface area (Å²) in [5.74, 6) is 1.87. The maximum atomic E-state index is 12.2. The lowest BCUT2D eigenvalue weighted by Crippen LogP contribution is -2.29. The number of halogens is 1. The molecule has 1 unspecified atom stereocenters. The van der Waals surface area contributed by atoms with Gasteiger partial charge in [-0.25, -0.2) is 0 Å². The molecule has 1 amide bonds. The van der Waals surface area contributed by atoms with Crippen LogP contribution in [-0.2, 0) is 0 Å². The molecule has 0 saturated carbocycles. The molecule has 20 heavy (non-hydrogen) atoms. The summed E-state index contributed by atoms with van der Waals surface area (Å²) in [7, 11) is 4.54. The van der Waals surface area contributed by atoms with Gasteiger partial charge in [-0.05, 0) is 5.92 Å². The number of methoxy groups -OCH3 is 3. The zero-order valence-corrected chi connectivity index (χ0v) is 12.9. The van der Waals surface area contributed by atoms with E-state index >= 15 is 0 Å². The Morgan fingerprint density at radius 1 is 1.15 bits per heavy atom. The van der Waals surface area contributed by atoms with Crippen LogP contribution in [0.25, 0.3) is 0 Å². The predicted octanol–water partition coefficient (Wildman–Crippen LogP) is 2.32. The molecule has 0 aliphatic rings. The molecule has 112 valence electrons. The van der Waals surface area contributed by atoms with Crippen molar-refractivity contribution in [1.82, 2.24) is 5.32 Å². The van der Waals surface area contributed by atoms with Crippen molar-refractivity contribution in [3.05, 3.63) is 17.7 Å². The average molecular weight is 302 g/mol. The lowest BCUT2D eigenvalue weighted by molar-refractivity contribution is 0.0945. The van der Waals surface area contributed by atoms with Crippen molar-refractivity contribution in [3.63, 3.8) is 0 Å². The molecule has 1 aromatic rings. The molecule has 0 bridgehead atoms. The van der Waals surface area contributed by atoms with Crippen molar-refractivity contribution in [2.45, 2.75) is 6.92 Å². The number of alkyl halides is 1. The third-order valence-electron chi connectivity index (χ3n) is 2.82. The number of benzene rings is 1. The zero-order valence-electron chi connectivity index (χ0n) is 12.2. The lowest BCUT2D eigenvalue weighted by atomic mass is 10.1. The summed E-state index contributed by atoms with van der Waals surface area (Å²) in [4.78, 5) is 12.2. The molecule has 0 radical (unpaired) electrons. The zero-order chi connectivity index (χ0) is 15.1. The molecule has 5 nitrogen and oxygen atoms in total. The van der Waals surface area contributed by atoms with E-state index in [0.29, 0.717) is 35.2 Å². The first-order chi connectivity index (χ1) is 9.57. The second-order valence-corrected chi connectivity index (χ2v) is 4.69. The fourth-order valence-corrected chi connectivity index (χ4v) is 1.73. The third kappa shape index (κ3) is 3.93. The molecule has 0 aliphatic carbocycles. The van der Waals surface area contributed by atoms with Crippen molar-refractivity contribution in [2.75, 3.05) is 33.8 Å². The van der Waals surface area contributed by atoms with Gasteiger partial charge in [0.15, 0.2) is 11.5 Å². The van der Waals surface area contributed by atoms with E-state index in [2.05, 4.69) is 5.32 Å². The number of amides is 1. The normalized spacial score (nSPS) is 11.7. The van der Waals surface area contributed by atoms with Gasteiger partial charge in [0.05, 0.1) is 26.9 Å². The minimum atomic E-state index is -0.236. The summed E-state index contributed by atoms with van der Waals surface area (Å²) in [6.45, 7) is 2.46. The summed E-state index contributed by atoms with van der Waals surface area (Å²) in [6.07, 6.45) is 0. The summed E-state index contributed by atoms with van der Waals surface area (Å²) in [5, 5.41) is 2.81. The van der Waals surface area contributed by atoms with Crippen LogP contribution >= 0.6 is 11.6 Å². The Hall–Kier alpha value is -1.62.